The Morgan fingerprint density at radius 1 is 0.533 bits per heavy atom. The lowest BCUT2D eigenvalue weighted by molar-refractivity contribution is 0.590. The van der Waals surface area contributed by atoms with Crippen LogP contribution in [0.1, 0.15) is 26.3 Å². The van der Waals surface area contributed by atoms with Crippen LogP contribution in [0.3, 0.4) is 0 Å². The minimum absolute atomic E-state index is 0.0334. The summed E-state index contributed by atoms with van der Waals surface area (Å²) in [7, 11) is 0. The minimum atomic E-state index is -0.0932. The molecule has 8 aromatic carbocycles. The Kier molecular flexibility index (Phi) is 6.41. The first-order valence-corrected chi connectivity index (χ1v) is 22.4. The average molecular weight is 803 g/mol. The van der Waals surface area contributed by atoms with Crippen molar-refractivity contribution >= 4 is 131 Å². The highest BCUT2D eigenvalue weighted by molar-refractivity contribution is 7.27. The number of rotatable bonds is 2. The van der Waals surface area contributed by atoms with Crippen molar-refractivity contribution in [2.24, 2.45) is 0 Å². The third-order valence-corrected chi connectivity index (χ3v) is 15.6. The zero-order valence-corrected chi connectivity index (χ0v) is 34.8. The number of para-hydroxylation sites is 2. The lowest BCUT2D eigenvalue weighted by Gasteiger charge is -2.42. The largest absolute Gasteiger partial charge is 0.456 e. The lowest BCUT2D eigenvalue weighted by Crippen LogP contribution is -2.56. The van der Waals surface area contributed by atoms with Gasteiger partial charge in [-0.25, -0.2) is 0 Å². The summed E-state index contributed by atoms with van der Waals surface area (Å²) in [6.07, 6.45) is 0. The molecule has 0 atom stereocenters. The molecule has 0 amide bonds. The second-order valence-electron chi connectivity index (χ2n) is 17.6. The molecule has 2 aliphatic rings. The van der Waals surface area contributed by atoms with Crippen molar-refractivity contribution in [3.05, 3.63) is 163 Å². The van der Waals surface area contributed by atoms with Gasteiger partial charge in [0.15, 0.2) is 0 Å². The van der Waals surface area contributed by atoms with Gasteiger partial charge in [-0.2, -0.15) is 0 Å². The van der Waals surface area contributed by atoms with Gasteiger partial charge < -0.3 is 13.8 Å². The highest BCUT2D eigenvalue weighted by atomic mass is 32.1. The van der Waals surface area contributed by atoms with Crippen LogP contribution in [0, 0.1) is 0 Å². The standard InChI is InChI=1S/C54H35BN2OS2/c1-54(2,3)31-24-26-39(37(28-31)30-14-5-4-6-15-30)56-40-29-45-47(33-17-8-11-22-43(33)59-45)48-35-19-13-20-36-50(35)57(51-34-18-9-12-23-44(34)60-53(36)51)55(49(40)48)38-25-27-42-46(52(38)56)32-16-7-10-21-41(32)58-42/h4-29H,1-3H3. The number of hydrogen-bond acceptors (Lipinski definition) is 4. The summed E-state index contributed by atoms with van der Waals surface area (Å²) in [5.74, 6) is 0. The SMILES string of the molecule is CC(C)(C)c1ccc(N2c3cc4sc5ccccc5c4c4c3B(c3ccc5oc6ccccc6c5c32)n2c3c-4cccc3c3sc4ccccc4c32)c(-c2ccccc2)c1. The maximum atomic E-state index is 6.77. The Bertz CT molecular complexity index is 3840. The topological polar surface area (TPSA) is 21.3 Å². The second kappa shape index (κ2) is 11.6. The molecule has 2 aliphatic heterocycles. The first kappa shape index (κ1) is 33.3. The molecule has 0 bridgehead atoms. The van der Waals surface area contributed by atoms with Crippen molar-refractivity contribution < 1.29 is 4.42 Å². The molecule has 0 radical (unpaired) electrons. The van der Waals surface area contributed by atoms with Crippen LogP contribution in [0.2, 0.25) is 0 Å². The molecule has 60 heavy (non-hydrogen) atoms. The van der Waals surface area contributed by atoms with Crippen molar-refractivity contribution in [3.8, 4) is 22.3 Å². The Hall–Kier alpha value is -6.60. The van der Waals surface area contributed by atoms with E-state index in [4.69, 9.17) is 4.42 Å². The Morgan fingerprint density at radius 2 is 1.27 bits per heavy atom. The zero-order chi connectivity index (χ0) is 39.6. The van der Waals surface area contributed by atoms with Crippen LogP contribution in [0.5, 0.6) is 0 Å². The number of hydrogen-bond donors (Lipinski definition) is 0. The van der Waals surface area contributed by atoms with Crippen molar-refractivity contribution in [2.75, 3.05) is 4.90 Å². The summed E-state index contributed by atoms with van der Waals surface area (Å²) < 4.78 is 14.8. The van der Waals surface area contributed by atoms with E-state index in [9.17, 15) is 0 Å². The molecule has 0 N–H and O–H groups in total. The van der Waals surface area contributed by atoms with Gasteiger partial charge in [0, 0.05) is 63.4 Å². The molecule has 4 aromatic heterocycles. The van der Waals surface area contributed by atoms with Crippen molar-refractivity contribution in [3.63, 3.8) is 0 Å². The normalized spacial score (nSPS) is 13.5. The molecular formula is C54H35BN2OS2. The number of furan rings is 1. The average Bonchev–Trinajstić information content (AvgIpc) is 4.03. The Labute approximate surface area is 354 Å². The summed E-state index contributed by atoms with van der Waals surface area (Å²) in [4.78, 5) is 2.63. The lowest BCUT2D eigenvalue weighted by atomic mass is 9.44. The first-order chi connectivity index (χ1) is 29.4. The molecule has 14 rings (SSSR count). The van der Waals surface area contributed by atoms with Gasteiger partial charge in [0.1, 0.15) is 11.2 Å². The van der Waals surface area contributed by atoms with Crippen LogP contribution < -0.4 is 15.8 Å². The maximum Gasteiger partial charge on any atom is 0.333 e. The summed E-state index contributed by atoms with van der Waals surface area (Å²) in [6, 6.07) is 59.0. The molecule has 0 saturated heterocycles. The van der Waals surface area contributed by atoms with E-state index in [0.717, 1.165) is 27.6 Å². The molecule has 0 spiro atoms. The number of fused-ring (bicyclic) bond motifs is 17. The van der Waals surface area contributed by atoms with E-state index in [0.29, 0.717) is 0 Å². The van der Waals surface area contributed by atoms with E-state index in [1.54, 1.807) is 0 Å². The van der Waals surface area contributed by atoms with E-state index < -0.39 is 0 Å². The molecule has 0 unspecified atom stereocenters. The fraction of sp³-hybridized carbons (Fsp3) is 0.0741. The fourth-order valence-electron chi connectivity index (χ4n) is 10.8. The third-order valence-electron chi connectivity index (χ3n) is 13.3. The molecule has 0 aliphatic carbocycles. The second-order valence-corrected chi connectivity index (χ2v) is 19.7. The van der Waals surface area contributed by atoms with Gasteiger partial charge in [0.05, 0.1) is 27.0 Å². The number of anilines is 3. The maximum absolute atomic E-state index is 6.77. The third kappa shape index (κ3) is 4.20. The first-order valence-electron chi connectivity index (χ1n) is 20.8. The van der Waals surface area contributed by atoms with Crippen LogP contribution in [0.15, 0.2) is 162 Å². The number of benzene rings is 8. The number of nitrogens with zero attached hydrogens (tertiary/aromatic N) is 2. The predicted octanol–water partition coefficient (Wildman–Crippen LogP) is 14.7. The fourth-order valence-corrected chi connectivity index (χ4v) is 13.1. The minimum Gasteiger partial charge on any atom is -0.456 e. The highest BCUT2D eigenvalue weighted by Gasteiger charge is 2.46. The Balaban J connectivity index is 1.23. The van der Waals surface area contributed by atoms with Crippen LogP contribution in [0.4, 0.5) is 17.1 Å². The van der Waals surface area contributed by atoms with Crippen LogP contribution >= 0.6 is 22.7 Å². The Morgan fingerprint density at radius 3 is 2.10 bits per heavy atom. The molecule has 0 saturated carbocycles. The van der Waals surface area contributed by atoms with E-state index in [-0.39, 0.29) is 12.3 Å². The van der Waals surface area contributed by atoms with Gasteiger partial charge in [0.2, 0.25) is 0 Å². The van der Waals surface area contributed by atoms with E-state index in [1.807, 2.05) is 22.7 Å². The summed E-state index contributed by atoms with van der Waals surface area (Å²) >= 11 is 3.84. The number of aromatic nitrogens is 1. The van der Waals surface area contributed by atoms with Crippen LogP contribution in [-0.2, 0) is 5.41 Å². The monoisotopic (exact) mass is 802 g/mol. The quantitative estimate of drug-likeness (QED) is 0.162. The molecule has 6 heteroatoms. The predicted molar refractivity (Wildman–Crippen MR) is 260 cm³/mol. The molecule has 6 heterocycles. The van der Waals surface area contributed by atoms with Gasteiger partial charge in [-0.15, -0.1) is 22.7 Å². The van der Waals surface area contributed by atoms with Gasteiger partial charge in [-0.05, 0) is 75.5 Å². The van der Waals surface area contributed by atoms with Crippen LogP contribution in [-0.4, -0.2) is 11.3 Å². The smallest absolute Gasteiger partial charge is 0.333 e. The zero-order valence-electron chi connectivity index (χ0n) is 33.2. The van der Waals surface area contributed by atoms with Crippen LogP contribution in [0.25, 0.3) is 95.6 Å². The van der Waals surface area contributed by atoms with Gasteiger partial charge in [-0.3, -0.25) is 0 Å². The van der Waals surface area contributed by atoms with Crippen molar-refractivity contribution in [1.82, 2.24) is 4.48 Å². The molecule has 282 valence electrons. The molecule has 3 nitrogen and oxygen atoms in total. The van der Waals surface area contributed by atoms with E-state index in [2.05, 4.69) is 188 Å². The van der Waals surface area contributed by atoms with Crippen molar-refractivity contribution in [1.29, 1.82) is 0 Å². The van der Waals surface area contributed by atoms with Gasteiger partial charge in [0.25, 0.3) is 0 Å². The van der Waals surface area contributed by atoms with Gasteiger partial charge in [-0.1, -0.05) is 136 Å². The highest BCUT2D eigenvalue weighted by Crippen LogP contribution is 2.55. The number of thiophene rings is 2. The van der Waals surface area contributed by atoms with E-state index in [1.165, 1.54) is 101 Å². The van der Waals surface area contributed by atoms with E-state index >= 15 is 0 Å². The summed E-state index contributed by atoms with van der Waals surface area (Å²) in [6.45, 7) is 6.85. The summed E-state index contributed by atoms with van der Waals surface area (Å²) in [5, 5.41) is 7.61. The molecule has 12 aromatic rings. The molecule has 0 fully saturated rings. The van der Waals surface area contributed by atoms with Gasteiger partial charge >= 0.3 is 6.85 Å². The summed E-state index contributed by atoms with van der Waals surface area (Å²) in [5.41, 5.74) is 17.0. The molecular weight excluding hydrogens is 768 g/mol. The van der Waals surface area contributed by atoms with Crippen molar-refractivity contribution in [2.45, 2.75) is 26.2 Å².